The van der Waals surface area contributed by atoms with Gasteiger partial charge in [0.15, 0.2) is 0 Å². The minimum atomic E-state index is 0.0672. The smallest absolute Gasteiger partial charge is 0.0789 e. The van der Waals surface area contributed by atoms with Crippen molar-refractivity contribution in [3.8, 4) is 0 Å². The molecule has 0 aromatic rings. The molecule has 14 heavy (non-hydrogen) atoms. The Labute approximate surface area is 86.6 Å². The summed E-state index contributed by atoms with van der Waals surface area (Å²) in [6.45, 7) is 5.23. The molecule has 0 amide bonds. The van der Waals surface area contributed by atoms with E-state index >= 15 is 0 Å². The summed E-state index contributed by atoms with van der Waals surface area (Å²) in [6.07, 6.45) is 5.05. The first-order valence-electron chi connectivity index (χ1n) is 5.64. The minimum Gasteiger partial charge on any atom is -0.377 e. The third-order valence-corrected chi connectivity index (χ3v) is 4.26. The maximum atomic E-state index is 5.90. The van der Waals surface area contributed by atoms with Gasteiger partial charge in [0, 0.05) is 32.3 Å². The summed E-state index contributed by atoms with van der Waals surface area (Å²) in [5.74, 6) is 0. The Morgan fingerprint density at radius 1 is 1.36 bits per heavy atom. The molecule has 0 aromatic carbocycles. The van der Waals surface area contributed by atoms with Crippen LogP contribution in [0.4, 0.5) is 0 Å². The molecule has 0 spiro atoms. The maximum Gasteiger partial charge on any atom is 0.0789 e. The van der Waals surface area contributed by atoms with Gasteiger partial charge >= 0.3 is 0 Å². The van der Waals surface area contributed by atoms with Crippen molar-refractivity contribution in [3.63, 3.8) is 0 Å². The molecule has 2 aliphatic rings. The van der Waals surface area contributed by atoms with E-state index in [0.717, 1.165) is 26.1 Å². The van der Waals surface area contributed by atoms with Crippen LogP contribution in [-0.4, -0.2) is 42.8 Å². The molecule has 0 bridgehead atoms. The van der Waals surface area contributed by atoms with Gasteiger partial charge in [-0.2, -0.15) is 0 Å². The van der Waals surface area contributed by atoms with Crippen LogP contribution in [0.3, 0.4) is 0 Å². The highest BCUT2D eigenvalue weighted by Crippen LogP contribution is 2.41. The highest BCUT2D eigenvalue weighted by molar-refractivity contribution is 5.04. The van der Waals surface area contributed by atoms with Gasteiger partial charge < -0.3 is 10.5 Å². The van der Waals surface area contributed by atoms with E-state index in [0.29, 0.717) is 5.54 Å². The average molecular weight is 198 g/mol. The largest absolute Gasteiger partial charge is 0.377 e. The first kappa shape index (κ1) is 10.4. The second-order valence-electron chi connectivity index (χ2n) is 5.11. The third-order valence-electron chi connectivity index (χ3n) is 4.26. The van der Waals surface area contributed by atoms with Gasteiger partial charge in [-0.3, -0.25) is 4.90 Å². The van der Waals surface area contributed by atoms with Crippen LogP contribution in [0.1, 0.15) is 32.6 Å². The van der Waals surface area contributed by atoms with Crippen molar-refractivity contribution in [1.29, 1.82) is 0 Å². The molecule has 2 N–H and O–H groups in total. The Kier molecular flexibility index (Phi) is 2.58. The SMILES string of the molecule is COC1(C)CCN(C2(CN)CCC2)C1. The average Bonchev–Trinajstić information content (AvgIpc) is 2.49. The van der Waals surface area contributed by atoms with E-state index in [1.807, 2.05) is 7.11 Å². The van der Waals surface area contributed by atoms with Crippen molar-refractivity contribution in [3.05, 3.63) is 0 Å². The lowest BCUT2D eigenvalue weighted by molar-refractivity contribution is -0.0158. The van der Waals surface area contributed by atoms with Gasteiger partial charge in [-0.05, 0) is 32.6 Å². The van der Waals surface area contributed by atoms with Crippen LogP contribution >= 0.6 is 0 Å². The number of hydrogen-bond acceptors (Lipinski definition) is 3. The summed E-state index contributed by atoms with van der Waals surface area (Å²) < 4.78 is 5.55. The van der Waals surface area contributed by atoms with Crippen LogP contribution in [0.15, 0.2) is 0 Å². The Balaban J connectivity index is 2.01. The van der Waals surface area contributed by atoms with Gasteiger partial charge in [-0.25, -0.2) is 0 Å². The van der Waals surface area contributed by atoms with Crippen molar-refractivity contribution < 1.29 is 4.74 Å². The molecule has 1 heterocycles. The summed E-state index contributed by atoms with van der Waals surface area (Å²) >= 11 is 0. The predicted octanol–water partition coefficient (Wildman–Crippen LogP) is 0.979. The summed E-state index contributed by atoms with van der Waals surface area (Å²) in [4.78, 5) is 2.56. The van der Waals surface area contributed by atoms with Crippen LogP contribution in [0.25, 0.3) is 0 Å². The second kappa shape index (κ2) is 3.47. The molecule has 1 unspecified atom stereocenters. The molecule has 0 aromatic heterocycles. The second-order valence-corrected chi connectivity index (χ2v) is 5.11. The van der Waals surface area contributed by atoms with Gasteiger partial charge in [-0.1, -0.05) is 0 Å². The van der Waals surface area contributed by atoms with E-state index in [2.05, 4.69) is 11.8 Å². The summed E-state index contributed by atoms with van der Waals surface area (Å²) in [5, 5.41) is 0. The van der Waals surface area contributed by atoms with E-state index in [4.69, 9.17) is 10.5 Å². The molecule has 2 rings (SSSR count). The Hall–Kier alpha value is -0.120. The van der Waals surface area contributed by atoms with Crippen molar-refractivity contribution >= 4 is 0 Å². The lowest BCUT2D eigenvalue weighted by atomic mass is 9.75. The van der Waals surface area contributed by atoms with Gasteiger partial charge in [0.25, 0.3) is 0 Å². The van der Waals surface area contributed by atoms with Crippen LogP contribution in [0.2, 0.25) is 0 Å². The predicted molar refractivity (Wildman–Crippen MR) is 57.2 cm³/mol. The molecule has 1 saturated carbocycles. The number of methoxy groups -OCH3 is 1. The number of nitrogens with zero attached hydrogens (tertiary/aromatic N) is 1. The fourth-order valence-corrected chi connectivity index (χ4v) is 2.74. The topological polar surface area (TPSA) is 38.5 Å². The first-order chi connectivity index (χ1) is 6.64. The monoisotopic (exact) mass is 198 g/mol. The van der Waals surface area contributed by atoms with Gasteiger partial charge in [-0.15, -0.1) is 0 Å². The third kappa shape index (κ3) is 1.47. The number of likely N-dealkylation sites (tertiary alicyclic amines) is 1. The summed E-state index contributed by atoms with van der Waals surface area (Å²) in [7, 11) is 1.82. The van der Waals surface area contributed by atoms with Gasteiger partial charge in [0.2, 0.25) is 0 Å². The summed E-state index contributed by atoms with van der Waals surface area (Å²) in [6, 6.07) is 0. The molecule has 82 valence electrons. The Bertz CT molecular complexity index is 210. The minimum absolute atomic E-state index is 0.0672. The first-order valence-corrected chi connectivity index (χ1v) is 5.64. The Morgan fingerprint density at radius 2 is 2.07 bits per heavy atom. The molecular weight excluding hydrogens is 176 g/mol. The normalized spacial score (nSPS) is 37.1. The number of rotatable bonds is 3. The molecule has 3 heteroatoms. The van der Waals surface area contributed by atoms with Crippen LogP contribution in [0.5, 0.6) is 0 Å². The number of hydrogen-bond donors (Lipinski definition) is 1. The zero-order valence-electron chi connectivity index (χ0n) is 9.38. The van der Waals surface area contributed by atoms with Crippen molar-refractivity contribution in [2.24, 2.45) is 5.73 Å². The summed E-state index contributed by atoms with van der Waals surface area (Å²) in [5.41, 5.74) is 6.29. The van der Waals surface area contributed by atoms with Crippen molar-refractivity contribution in [2.45, 2.75) is 43.7 Å². The lowest BCUT2D eigenvalue weighted by Crippen LogP contribution is -2.58. The lowest BCUT2D eigenvalue weighted by Gasteiger charge is -2.48. The Morgan fingerprint density at radius 3 is 2.43 bits per heavy atom. The molecule has 0 radical (unpaired) electrons. The van der Waals surface area contributed by atoms with Crippen molar-refractivity contribution in [1.82, 2.24) is 4.90 Å². The van der Waals surface area contributed by atoms with Gasteiger partial charge in [0.1, 0.15) is 0 Å². The highest BCUT2D eigenvalue weighted by Gasteiger charge is 2.47. The van der Waals surface area contributed by atoms with Gasteiger partial charge in [0.05, 0.1) is 5.60 Å². The van der Waals surface area contributed by atoms with E-state index < -0.39 is 0 Å². The van der Waals surface area contributed by atoms with E-state index in [1.54, 1.807) is 0 Å². The highest BCUT2D eigenvalue weighted by atomic mass is 16.5. The molecule has 1 aliphatic carbocycles. The maximum absolute atomic E-state index is 5.90. The van der Waals surface area contributed by atoms with Crippen molar-refractivity contribution in [2.75, 3.05) is 26.7 Å². The van der Waals surface area contributed by atoms with Crippen LogP contribution < -0.4 is 5.73 Å². The number of nitrogens with two attached hydrogens (primary N) is 1. The molecule has 1 atom stereocenters. The molecule has 1 saturated heterocycles. The quantitative estimate of drug-likeness (QED) is 0.734. The molecule has 3 nitrogen and oxygen atoms in total. The zero-order valence-corrected chi connectivity index (χ0v) is 9.38. The standard InChI is InChI=1S/C11H22N2O/c1-10(14-2)6-7-13(9-10)11(8-12)4-3-5-11/h3-9,12H2,1-2H3. The molecule has 1 aliphatic heterocycles. The fourth-order valence-electron chi connectivity index (χ4n) is 2.74. The van der Waals surface area contributed by atoms with Crippen LogP contribution in [-0.2, 0) is 4.74 Å². The number of ether oxygens (including phenoxy) is 1. The molecular formula is C11H22N2O. The fraction of sp³-hybridized carbons (Fsp3) is 1.00. The van der Waals surface area contributed by atoms with E-state index in [1.165, 1.54) is 19.3 Å². The molecule has 2 fully saturated rings. The zero-order chi connectivity index (χ0) is 10.2. The van der Waals surface area contributed by atoms with Crippen LogP contribution in [0, 0.1) is 0 Å². The van der Waals surface area contributed by atoms with E-state index in [-0.39, 0.29) is 5.60 Å². The van der Waals surface area contributed by atoms with E-state index in [9.17, 15) is 0 Å².